The van der Waals surface area contributed by atoms with E-state index in [-0.39, 0.29) is 36.3 Å². The minimum Gasteiger partial charge on any atom is -0.327 e. The van der Waals surface area contributed by atoms with Crippen LogP contribution in [0.25, 0.3) is 0 Å². The Kier molecular flexibility index (Phi) is 8.55. The molecule has 2 nitrogen and oxygen atoms in total. The van der Waals surface area contributed by atoms with E-state index in [0.29, 0.717) is 0 Å². The molecule has 1 aliphatic carbocycles. The third-order valence-corrected chi connectivity index (χ3v) is 6.40. The molecular weight excluding hydrogens is 339 g/mol. The Morgan fingerprint density at radius 3 is 2.04 bits per heavy atom. The van der Waals surface area contributed by atoms with Crippen molar-refractivity contribution in [1.29, 1.82) is 0 Å². The molecule has 1 atom stereocenters. The fourth-order valence-electron chi connectivity index (χ4n) is 4.65. The number of rotatable bonds is 3. The van der Waals surface area contributed by atoms with Crippen molar-refractivity contribution < 1.29 is 0 Å². The minimum absolute atomic E-state index is 0. The average molecular weight is 373 g/mol. The van der Waals surface area contributed by atoms with Crippen LogP contribution in [0.15, 0.2) is 30.3 Å². The van der Waals surface area contributed by atoms with E-state index in [1.807, 2.05) is 0 Å². The van der Waals surface area contributed by atoms with Gasteiger partial charge in [0.25, 0.3) is 0 Å². The molecule has 1 aliphatic heterocycles. The van der Waals surface area contributed by atoms with Gasteiger partial charge in [-0.1, -0.05) is 37.3 Å². The third kappa shape index (κ3) is 4.46. The van der Waals surface area contributed by atoms with Gasteiger partial charge in [-0.25, -0.2) is 0 Å². The first-order chi connectivity index (χ1) is 10.6. The van der Waals surface area contributed by atoms with Crippen molar-refractivity contribution in [2.45, 2.75) is 69.9 Å². The van der Waals surface area contributed by atoms with Crippen molar-refractivity contribution in [2.75, 3.05) is 13.1 Å². The second-order valence-corrected chi connectivity index (χ2v) is 7.76. The van der Waals surface area contributed by atoms with Gasteiger partial charge in [-0.2, -0.15) is 0 Å². The molecule has 1 heterocycles. The topological polar surface area (TPSA) is 29.3 Å². The highest BCUT2D eigenvalue weighted by Gasteiger charge is 2.41. The molecule has 0 spiro atoms. The van der Waals surface area contributed by atoms with Crippen LogP contribution in [0.1, 0.15) is 57.9 Å². The summed E-state index contributed by atoms with van der Waals surface area (Å²) in [4.78, 5) is 2.76. The summed E-state index contributed by atoms with van der Waals surface area (Å²) in [5.41, 5.74) is 8.11. The van der Waals surface area contributed by atoms with Gasteiger partial charge < -0.3 is 10.6 Å². The highest BCUT2D eigenvalue weighted by atomic mass is 35.5. The maximum atomic E-state index is 6.46. The third-order valence-electron chi connectivity index (χ3n) is 6.40. The largest absolute Gasteiger partial charge is 0.327 e. The van der Waals surface area contributed by atoms with Crippen LogP contribution in [0.5, 0.6) is 0 Å². The lowest BCUT2D eigenvalue weighted by atomic mass is 9.64. The van der Waals surface area contributed by atoms with Gasteiger partial charge in [0.2, 0.25) is 0 Å². The standard InChI is InChI=1S/C20H32N2.2ClH/c1-16-10-14-22(15-11-16)19-8-12-20(13-9-19,17(2)21)18-6-4-3-5-7-18;;/h3-7,16-17,19H,8-15,21H2,1-2H3;2*1H. The second kappa shape index (κ2) is 9.43. The van der Waals surface area contributed by atoms with Crippen molar-refractivity contribution in [3.63, 3.8) is 0 Å². The molecule has 0 amide bonds. The van der Waals surface area contributed by atoms with Gasteiger partial charge in [0.05, 0.1) is 0 Å². The summed E-state index contributed by atoms with van der Waals surface area (Å²) in [5.74, 6) is 0.923. The maximum absolute atomic E-state index is 6.46. The maximum Gasteiger partial charge on any atom is 0.0108 e. The van der Waals surface area contributed by atoms with E-state index in [1.54, 1.807) is 0 Å². The Hall–Kier alpha value is -0.280. The van der Waals surface area contributed by atoms with E-state index in [0.717, 1.165) is 12.0 Å². The summed E-state index contributed by atoms with van der Waals surface area (Å²) in [6.07, 6.45) is 7.87. The monoisotopic (exact) mass is 372 g/mol. The number of benzene rings is 1. The molecule has 3 rings (SSSR count). The zero-order valence-electron chi connectivity index (χ0n) is 15.1. The van der Waals surface area contributed by atoms with Crippen LogP contribution >= 0.6 is 24.8 Å². The summed E-state index contributed by atoms with van der Waals surface area (Å²) in [6, 6.07) is 12.0. The van der Waals surface area contributed by atoms with E-state index in [9.17, 15) is 0 Å². The van der Waals surface area contributed by atoms with Gasteiger partial charge in [0.1, 0.15) is 0 Å². The van der Waals surface area contributed by atoms with Crippen LogP contribution in [-0.2, 0) is 5.41 Å². The lowest BCUT2D eigenvalue weighted by Crippen LogP contribution is -2.50. The number of nitrogens with two attached hydrogens (primary N) is 1. The van der Waals surface area contributed by atoms with E-state index in [2.05, 4.69) is 49.1 Å². The summed E-state index contributed by atoms with van der Waals surface area (Å²) in [5, 5.41) is 0. The summed E-state index contributed by atoms with van der Waals surface area (Å²) >= 11 is 0. The normalized spacial score (nSPS) is 30.0. The first kappa shape index (κ1) is 21.8. The van der Waals surface area contributed by atoms with Gasteiger partial charge in [0.15, 0.2) is 0 Å². The van der Waals surface area contributed by atoms with Crippen LogP contribution in [-0.4, -0.2) is 30.1 Å². The Balaban J connectivity index is 0.00000144. The smallest absolute Gasteiger partial charge is 0.0108 e. The molecule has 2 aliphatic rings. The van der Waals surface area contributed by atoms with Crippen LogP contribution < -0.4 is 5.73 Å². The lowest BCUT2D eigenvalue weighted by Gasteiger charge is -2.47. The number of nitrogens with zero attached hydrogens (tertiary/aromatic N) is 1. The first-order valence-electron chi connectivity index (χ1n) is 9.17. The molecule has 24 heavy (non-hydrogen) atoms. The fraction of sp³-hybridized carbons (Fsp3) is 0.700. The number of hydrogen-bond donors (Lipinski definition) is 1. The van der Waals surface area contributed by atoms with E-state index in [1.165, 1.54) is 57.2 Å². The SMILES string of the molecule is CC1CCN(C2CCC(c3ccccc3)(C(C)N)CC2)CC1.Cl.Cl. The average Bonchev–Trinajstić information content (AvgIpc) is 2.56. The van der Waals surface area contributed by atoms with Crippen molar-refractivity contribution >= 4 is 24.8 Å². The molecule has 1 unspecified atom stereocenters. The van der Waals surface area contributed by atoms with E-state index in [4.69, 9.17) is 5.73 Å². The molecule has 0 radical (unpaired) electrons. The number of hydrogen-bond acceptors (Lipinski definition) is 2. The van der Waals surface area contributed by atoms with Crippen molar-refractivity contribution in [3.8, 4) is 0 Å². The van der Waals surface area contributed by atoms with Gasteiger partial charge in [-0.05, 0) is 70.0 Å². The van der Waals surface area contributed by atoms with Gasteiger partial charge >= 0.3 is 0 Å². The molecular formula is C20H34Cl2N2. The van der Waals surface area contributed by atoms with Gasteiger partial charge in [0, 0.05) is 17.5 Å². The van der Waals surface area contributed by atoms with Crippen molar-refractivity contribution in [3.05, 3.63) is 35.9 Å². The number of halogens is 2. The molecule has 2 N–H and O–H groups in total. The molecule has 1 aromatic rings. The predicted octanol–water partition coefficient (Wildman–Crippen LogP) is 4.79. The zero-order chi connectivity index (χ0) is 15.6. The highest BCUT2D eigenvalue weighted by molar-refractivity contribution is 5.85. The summed E-state index contributed by atoms with van der Waals surface area (Å²) in [6.45, 7) is 7.22. The minimum atomic E-state index is 0. The number of likely N-dealkylation sites (tertiary alicyclic amines) is 1. The Morgan fingerprint density at radius 1 is 1.00 bits per heavy atom. The molecule has 138 valence electrons. The Morgan fingerprint density at radius 2 is 1.54 bits per heavy atom. The van der Waals surface area contributed by atoms with Crippen molar-refractivity contribution in [2.24, 2.45) is 11.7 Å². The molecule has 2 fully saturated rings. The fourth-order valence-corrected chi connectivity index (χ4v) is 4.65. The highest BCUT2D eigenvalue weighted by Crippen LogP contribution is 2.43. The van der Waals surface area contributed by atoms with Gasteiger partial charge in [-0.3, -0.25) is 0 Å². The predicted molar refractivity (Wildman–Crippen MR) is 108 cm³/mol. The van der Waals surface area contributed by atoms with Gasteiger partial charge in [-0.15, -0.1) is 24.8 Å². The van der Waals surface area contributed by atoms with Crippen LogP contribution in [0.2, 0.25) is 0 Å². The molecule has 1 aromatic carbocycles. The van der Waals surface area contributed by atoms with E-state index < -0.39 is 0 Å². The molecule has 0 aromatic heterocycles. The molecule has 1 saturated heterocycles. The molecule has 4 heteroatoms. The Bertz CT molecular complexity index is 462. The number of piperidine rings is 1. The van der Waals surface area contributed by atoms with E-state index >= 15 is 0 Å². The quantitative estimate of drug-likeness (QED) is 0.825. The molecule has 1 saturated carbocycles. The second-order valence-electron chi connectivity index (χ2n) is 7.76. The summed E-state index contributed by atoms with van der Waals surface area (Å²) < 4.78 is 0. The van der Waals surface area contributed by atoms with Crippen LogP contribution in [0.4, 0.5) is 0 Å². The summed E-state index contributed by atoms with van der Waals surface area (Å²) in [7, 11) is 0. The zero-order valence-corrected chi connectivity index (χ0v) is 16.7. The van der Waals surface area contributed by atoms with Crippen LogP contribution in [0.3, 0.4) is 0 Å². The molecule has 0 bridgehead atoms. The van der Waals surface area contributed by atoms with Crippen molar-refractivity contribution in [1.82, 2.24) is 4.90 Å². The lowest BCUT2D eigenvalue weighted by molar-refractivity contribution is 0.0840. The first-order valence-corrected chi connectivity index (χ1v) is 9.17. The van der Waals surface area contributed by atoms with Crippen LogP contribution in [0, 0.1) is 5.92 Å². The Labute approximate surface area is 160 Å².